The first-order valence-electron chi connectivity index (χ1n) is 14.9. The number of aryl methyl sites for hydroxylation is 1. The molecule has 0 saturated carbocycles. The number of carbonyl (C=O) groups is 2. The lowest BCUT2D eigenvalue weighted by molar-refractivity contribution is -0.150. The number of nitrogens with zero attached hydrogens (tertiary/aromatic N) is 5. The molecular weight excluding hydrogens is 578 g/mol. The molecule has 11 heteroatoms. The zero-order chi connectivity index (χ0) is 32.1. The highest BCUT2D eigenvalue weighted by Crippen LogP contribution is 2.31. The van der Waals surface area contributed by atoms with Crippen LogP contribution in [0, 0.1) is 24.6 Å². The van der Waals surface area contributed by atoms with Crippen LogP contribution in [-0.2, 0) is 22.7 Å². The molecule has 3 heterocycles. The van der Waals surface area contributed by atoms with Gasteiger partial charge in [-0.2, -0.15) is 4.39 Å². The molecule has 2 aromatic carbocycles. The van der Waals surface area contributed by atoms with E-state index in [2.05, 4.69) is 20.3 Å². The monoisotopic (exact) mass is 614 g/mol. The Morgan fingerprint density at radius 1 is 0.978 bits per heavy atom. The van der Waals surface area contributed by atoms with Gasteiger partial charge in [-0.3, -0.25) is 14.5 Å². The Hall–Kier alpha value is -4.77. The van der Waals surface area contributed by atoms with Crippen molar-refractivity contribution < 1.29 is 23.1 Å². The summed E-state index contributed by atoms with van der Waals surface area (Å²) in [6, 6.07) is 15.6. The lowest BCUT2D eigenvalue weighted by Gasteiger charge is -2.45. The number of aromatic nitrogens is 3. The summed E-state index contributed by atoms with van der Waals surface area (Å²) in [5.41, 5.74) is 2.44. The average molecular weight is 615 g/mol. The van der Waals surface area contributed by atoms with Crippen molar-refractivity contribution in [3.63, 3.8) is 0 Å². The van der Waals surface area contributed by atoms with Gasteiger partial charge in [-0.15, -0.1) is 0 Å². The minimum atomic E-state index is -0.810. The Morgan fingerprint density at radius 3 is 2.40 bits per heavy atom. The zero-order valence-corrected chi connectivity index (χ0v) is 25.7. The number of rotatable bonds is 9. The summed E-state index contributed by atoms with van der Waals surface area (Å²) in [4.78, 5) is 42.8. The number of hydrogen-bond acceptors (Lipinski definition) is 7. The van der Waals surface area contributed by atoms with E-state index < -0.39 is 17.8 Å². The van der Waals surface area contributed by atoms with Crippen LogP contribution in [0.25, 0.3) is 11.4 Å². The summed E-state index contributed by atoms with van der Waals surface area (Å²) in [5, 5.41) is 2.98. The first-order valence-corrected chi connectivity index (χ1v) is 14.9. The van der Waals surface area contributed by atoms with E-state index in [9.17, 15) is 14.0 Å². The van der Waals surface area contributed by atoms with Crippen molar-refractivity contribution in [2.75, 3.05) is 13.1 Å². The molecule has 0 unspecified atom stereocenters. The fourth-order valence-electron chi connectivity index (χ4n) is 5.43. The normalized spacial score (nSPS) is 16.9. The molecule has 1 aliphatic rings. The second-order valence-corrected chi connectivity index (χ2v) is 11.5. The molecule has 0 aliphatic carbocycles. The van der Waals surface area contributed by atoms with Gasteiger partial charge >= 0.3 is 0 Å². The van der Waals surface area contributed by atoms with Crippen LogP contribution in [0.2, 0.25) is 0 Å². The van der Waals surface area contributed by atoms with Crippen LogP contribution < -0.4 is 10.1 Å². The molecule has 2 aromatic heterocycles. The van der Waals surface area contributed by atoms with Gasteiger partial charge in [0.15, 0.2) is 11.6 Å². The van der Waals surface area contributed by atoms with E-state index in [4.69, 9.17) is 4.74 Å². The third kappa shape index (κ3) is 7.49. The Morgan fingerprint density at radius 2 is 1.71 bits per heavy atom. The van der Waals surface area contributed by atoms with E-state index in [1.165, 1.54) is 18.2 Å². The fourth-order valence-corrected chi connectivity index (χ4v) is 5.43. The van der Waals surface area contributed by atoms with Crippen molar-refractivity contribution in [3.8, 4) is 22.9 Å². The number of pyridine rings is 1. The minimum absolute atomic E-state index is 0.0871. The second kappa shape index (κ2) is 13.9. The number of nitrogens with one attached hydrogen (secondary N) is 1. The standard InChI is InChI=1S/C34H36F2N6O3/c1-21(2)34(44)42-23(4)18-41(19-26-27(35)7-5-8-29(26)45-30-14-9-22(3)40-31(30)36)20-28(42)33(43)39-17-24-10-12-25(13-11-24)32-37-15-6-16-38-32/h5-16,21,23,28H,17-20H2,1-4H3,(H,39,43)/t23-,28-/m1/s1. The van der Waals surface area contributed by atoms with E-state index in [-0.39, 0.29) is 60.5 Å². The first-order chi connectivity index (χ1) is 21.6. The van der Waals surface area contributed by atoms with Crippen LogP contribution in [0.5, 0.6) is 11.5 Å². The van der Waals surface area contributed by atoms with Crippen LogP contribution in [0.15, 0.2) is 73.1 Å². The molecule has 9 nitrogen and oxygen atoms in total. The molecule has 1 saturated heterocycles. The topological polar surface area (TPSA) is 101 Å². The van der Waals surface area contributed by atoms with Crippen molar-refractivity contribution in [1.29, 1.82) is 0 Å². The highest BCUT2D eigenvalue weighted by molar-refractivity contribution is 5.89. The summed E-state index contributed by atoms with van der Waals surface area (Å²) < 4.78 is 35.5. The van der Waals surface area contributed by atoms with Crippen molar-refractivity contribution in [2.45, 2.75) is 52.9 Å². The lowest BCUT2D eigenvalue weighted by atomic mass is 10.0. The van der Waals surface area contributed by atoms with Crippen molar-refractivity contribution in [1.82, 2.24) is 30.1 Å². The van der Waals surface area contributed by atoms with Gasteiger partial charge in [-0.05, 0) is 49.7 Å². The average Bonchev–Trinajstić information content (AvgIpc) is 3.03. The number of piperazine rings is 1. The molecule has 2 atom stereocenters. The van der Waals surface area contributed by atoms with Crippen LogP contribution in [0.1, 0.15) is 37.6 Å². The third-order valence-corrected chi connectivity index (χ3v) is 7.69. The van der Waals surface area contributed by atoms with Gasteiger partial charge in [-0.25, -0.2) is 19.3 Å². The number of carbonyl (C=O) groups excluding carboxylic acids is 2. The molecule has 1 fully saturated rings. The van der Waals surface area contributed by atoms with E-state index >= 15 is 4.39 Å². The van der Waals surface area contributed by atoms with E-state index in [1.807, 2.05) is 36.1 Å². The lowest BCUT2D eigenvalue weighted by Crippen LogP contribution is -2.64. The molecule has 0 spiro atoms. The molecule has 4 aromatic rings. The largest absolute Gasteiger partial charge is 0.452 e. The maximum Gasteiger partial charge on any atom is 0.256 e. The van der Waals surface area contributed by atoms with Crippen molar-refractivity contribution in [2.24, 2.45) is 5.92 Å². The minimum Gasteiger partial charge on any atom is -0.452 e. The Balaban J connectivity index is 1.33. The smallest absolute Gasteiger partial charge is 0.256 e. The first kappa shape index (κ1) is 31.6. The number of ether oxygens (including phenoxy) is 1. The number of halogens is 2. The Labute approximate surface area is 261 Å². The SMILES string of the molecule is Cc1ccc(Oc2cccc(F)c2CN2C[C@@H](C)N(C(=O)C(C)C)[C@@H](C(=O)NCc3ccc(-c4ncccn4)cc3)C2)c(F)n1. The number of hydrogen-bond donors (Lipinski definition) is 1. The fraction of sp³-hybridized carbons (Fsp3) is 0.324. The summed E-state index contributed by atoms with van der Waals surface area (Å²) in [6.07, 6.45) is 3.35. The van der Waals surface area contributed by atoms with Gasteiger partial charge in [0.05, 0.1) is 0 Å². The third-order valence-electron chi connectivity index (χ3n) is 7.69. The highest BCUT2D eigenvalue weighted by Gasteiger charge is 2.40. The molecule has 1 N–H and O–H groups in total. The van der Waals surface area contributed by atoms with Gasteiger partial charge in [0.1, 0.15) is 17.6 Å². The molecule has 5 rings (SSSR count). The number of amides is 2. The maximum absolute atomic E-state index is 15.2. The summed E-state index contributed by atoms with van der Waals surface area (Å²) >= 11 is 0. The van der Waals surface area contributed by atoms with Crippen LogP contribution in [0.4, 0.5) is 8.78 Å². The Kier molecular flexibility index (Phi) is 9.77. The summed E-state index contributed by atoms with van der Waals surface area (Å²) in [6.45, 7) is 8.06. The van der Waals surface area contributed by atoms with Gasteiger partial charge < -0.3 is 15.0 Å². The highest BCUT2D eigenvalue weighted by atomic mass is 19.1. The molecule has 0 radical (unpaired) electrons. The van der Waals surface area contributed by atoms with Gasteiger partial charge in [-0.1, -0.05) is 44.2 Å². The molecule has 234 valence electrons. The van der Waals surface area contributed by atoms with Crippen molar-refractivity contribution >= 4 is 11.8 Å². The molecule has 2 amide bonds. The Bertz CT molecular complexity index is 1650. The predicted molar refractivity (Wildman–Crippen MR) is 165 cm³/mol. The number of benzene rings is 2. The van der Waals surface area contributed by atoms with Crippen LogP contribution >= 0.6 is 0 Å². The molecule has 1 aliphatic heterocycles. The molecule has 0 bridgehead atoms. The summed E-state index contributed by atoms with van der Waals surface area (Å²) in [7, 11) is 0. The molecule has 45 heavy (non-hydrogen) atoms. The van der Waals surface area contributed by atoms with Crippen LogP contribution in [0.3, 0.4) is 0 Å². The second-order valence-electron chi connectivity index (χ2n) is 11.5. The summed E-state index contributed by atoms with van der Waals surface area (Å²) in [5.74, 6) is -1.43. The van der Waals surface area contributed by atoms with Crippen molar-refractivity contribution in [3.05, 3.63) is 102 Å². The van der Waals surface area contributed by atoms with E-state index in [1.54, 1.807) is 56.3 Å². The van der Waals surface area contributed by atoms with Gasteiger partial charge in [0, 0.05) is 67.4 Å². The predicted octanol–water partition coefficient (Wildman–Crippen LogP) is 5.29. The quantitative estimate of drug-likeness (QED) is 0.256. The zero-order valence-electron chi connectivity index (χ0n) is 25.7. The van der Waals surface area contributed by atoms with Crippen LogP contribution in [-0.4, -0.2) is 61.7 Å². The maximum atomic E-state index is 15.2. The van der Waals surface area contributed by atoms with E-state index in [0.717, 1.165) is 11.1 Å². The van der Waals surface area contributed by atoms with Gasteiger partial charge in [0.25, 0.3) is 5.95 Å². The molecular formula is C34H36F2N6O3. The van der Waals surface area contributed by atoms with E-state index in [0.29, 0.717) is 18.1 Å². The van der Waals surface area contributed by atoms with Gasteiger partial charge in [0.2, 0.25) is 11.8 Å².